The van der Waals surface area contributed by atoms with Gasteiger partial charge in [0, 0.05) is 12.2 Å². The molecule has 1 atom stereocenters. The van der Waals surface area contributed by atoms with Crippen molar-refractivity contribution in [2.45, 2.75) is 13.0 Å². The Bertz CT molecular complexity index is 931. The normalized spacial score (nSPS) is 12.1. The van der Waals surface area contributed by atoms with E-state index in [4.69, 9.17) is 0 Å². The van der Waals surface area contributed by atoms with Crippen molar-refractivity contribution in [1.29, 1.82) is 0 Å². The molecule has 0 aliphatic carbocycles. The molecule has 7 heteroatoms. The molecule has 0 spiro atoms. The Morgan fingerprint density at radius 3 is 2.67 bits per heavy atom. The summed E-state index contributed by atoms with van der Waals surface area (Å²) in [4.78, 5) is 15.1. The van der Waals surface area contributed by atoms with Crippen LogP contribution in [-0.2, 0) is 0 Å². The minimum absolute atomic E-state index is 0.102. The number of nitrogens with zero attached hydrogens (tertiary/aromatic N) is 2. The second-order valence-electron chi connectivity index (χ2n) is 5.33. The molecule has 0 fully saturated rings. The molecule has 1 unspecified atom stereocenters. The molecule has 1 N–H and O–H groups in total. The maximum Gasteiger partial charge on any atom is 0.301 e. The lowest BCUT2D eigenvalue weighted by Crippen LogP contribution is -2.09. The topological polar surface area (TPSA) is 68.1 Å². The number of nitrogens with one attached hydrogen (secondary N) is 1. The van der Waals surface area contributed by atoms with Gasteiger partial charge >= 0.3 is 5.69 Å². The highest BCUT2D eigenvalue weighted by atomic mass is 19.2. The molecule has 3 aromatic rings. The van der Waals surface area contributed by atoms with Crippen molar-refractivity contribution in [3.8, 4) is 0 Å². The standard InChI is InChI=1S/C17H13F2N3O2/c1-10(11-4-5-13(18)14(19)9-11)21-16-7-6-15-12(3-2-8-20-15)17(16)22(23)24/h2-10,21H,1H3. The fraction of sp³-hybridized carbons (Fsp3) is 0.118. The number of nitro groups is 1. The number of benzene rings is 2. The van der Waals surface area contributed by atoms with Crippen molar-refractivity contribution < 1.29 is 13.7 Å². The molecule has 24 heavy (non-hydrogen) atoms. The van der Waals surface area contributed by atoms with Crippen molar-refractivity contribution in [3.63, 3.8) is 0 Å². The van der Waals surface area contributed by atoms with Gasteiger partial charge in [0.15, 0.2) is 11.6 Å². The molecule has 0 saturated carbocycles. The van der Waals surface area contributed by atoms with Crippen LogP contribution < -0.4 is 5.32 Å². The predicted molar refractivity (Wildman–Crippen MR) is 86.8 cm³/mol. The summed E-state index contributed by atoms with van der Waals surface area (Å²) < 4.78 is 26.4. The molecule has 1 aromatic heterocycles. The minimum atomic E-state index is -0.960. The summed E-state index contributed by atoms with van der Waals surface area (Å²) in [5.41, 5.74) is 1.18. The molecular formula is C17H13F2N3O2. The van der Waals surface area contributed by atoms with Crippen molar-refractivity contribution in [3.05, 3.63) is 76.0 Å². The van der Waals surface area contributed by atoms with Gasteiger partial charge < -0.3 is 5.32 Å². The molecule has 0 aliphatic heterocycles. The van der Waals surface area contributed by atoms with Gasteiger partial charge in [-0.25, -0.2) is 8.78 Å². The Hall–Kier alpha value is -3.09. The maximum atomic E-state index is 13.4. The number of anilines is 1. The molecule has 122 valence electrons. The van der Waals surface area contributed by atoms with Gasteiger partial charge in [0.2, 0.25) is 0 Å². The van der Waals surface area contributed by atoms with Gasteiger partial charge in [-0.3, -0.25) is 15.1 Å². The van der Waals surface area contributed by atoms with Gasteiger partial charge in [-0.15, -0.1) is 0 Å². The van der Waals surface area contributed by atoms with Crippen LogP contribution in [0.4, 0.5) is 20.2 Å². The van der Waals surface area contributed by atoms with Crippen LogP contribution in [0, 0.1) is 21.7 Å². The average Bonchev–Trinajstić information content (AvgIpc) is 2.56. The summed E-state index contributed by atoms with van der Waals surface area (Å²) >= 11 is 0. The van der Waals surface area contributed by atoms with E-state index >= 15 is 0 Å². The summed E-state index contributed by atoms with van der Waals surface area (Å²) in [5, 5.41) is 14.9. The van der Waals surface area contributed by atoms with Gasteiger partial charge in [-0.1, -0.05) is 6.07 Å². The quantitative estimate of drug-likeness (QED) is 0.561. The highest BCUT2D eigenvalue weighted by Gasteiger charge is 2.20. The Morgan fingerprint density at radius 1 is 1.17 bits per heavy atom. The lowest BCUT2D eigenvalue weighted by molar-refractivity contribution is -0.382. The third-order valence-corrected chi connectivity index (χ3v) is 3.75. The molecule has 1 heterocycles. The van der Waals surface area contributed by atoms with Crippen LogP contribution in [0.3, 0.4) is 0 Å². The van der Waals surface area contributed by atoms with Crippen LogP contribution in [-0.4, -0.2) is 9.91 Å². The minimum Gasteiger partial charge on any atom is -0.373 e. The second-order valence-corrected chi connectivity index (χ2v) is 5.33. The SMILES string of the molecule is CC(Nc1ccc2ncccc2c1[N+](=O)[O-])c1ccc(F)c(F)c1. The Balaban J connectivity index is 2.01. The molecule has 0 amide bonds. The Morgan fingerprint density at radius 2 is 1.96 bits per heavy atom. The van der Waals surface area contributed by atoms with E-state index in [2.05, 4.69) is 10.3 Å². The van der Waals surface area contributed by atoms with Gasteiger partial charge in [-0.2, -0.15) is 0 Å². The zero-order chi connectivity index (χ0) is 17.3. The van der Waals surface area contributed by atoms with E-state index in [1.54, 1.807) is 37.4 Å². The van der Waals surface area contributed by atoms with E-state index in [-0.39, 0.29) is 11.4 Å². The monoisotopic (exact) mass is 329 g/mol. The van der Waals surface area contributed by atoms with Crippen LogP contribution in [0.5, 0.6) is 0 Å². The number of rotatable bonds is 4. The first kappa shape index (κ1) is 15.8. The first-order valence-corrected chi connectivity index (χ1v) is 7.21. The van der Waals surface area contributed by atoms with E-state index in [1.165, 1.54) is 6.07 Å². The number of hydrogen-bond acceptors (Lipinski definition) is 4. The number of nitro benzene ring substituents is 1. The third kappa shape index (κ3) is 2.88. The Labute approximate surface area is 136 Å². The van der Waals surface area contributed by atoms with Gasteiger partial charge in [0.1, 0.15) is 5.69 Å². The van der Waals surface area contributed by atoms with E-state index in [0.29, 0.717) is 16.5 Å². The fourth-order valence-electron chi connectivity index (χ4n) is 2.55. The molecule has 0 aliphatic rings. The van der Waals surface area contributed by atoms with E-state index in [1.807, 2.05) is 0 Å². The smallest absolute Gasteiger partial charge is 0.301 e. The molecule has 0 bridgehead atoms. The van der Waals surface area contributed by atoms with Crippen molar-refractivity contribution in [2.75, 3.05) is 5.32 Å². The van der Waals surface area contributed by atoms with Crippen LogP contribution in [0.25, 0.3) is 10.9 Å². The van der Waals surface area contributed by atoms with Gasteiger partial charge in [-0.05, 0) is 48.9 Å². The Kier molecular flexibility index (Phi) is 4.07. The van der Waals surface area contributed by atoms with Crippen molar-refractivity contribution in [2.24, 2.45) is 0 Å². The zero-order valence-corrected chi connectivity index (χ0v) is 12.7. The van der Waals surface area contributed by atoms with Crippen molar-refractivity contribution in [1.82, 2.24) is 4.98 Å². The van der Waals surface area contributed by atoms with Crippen LogP contribution in [0.2, 0.25) is 0 Å². The summed E-state index contributed by atoms with van der Waals surface area (Å²) in [6, 6.07) is 9.55. The first-order chi connectivity index (χ1) is 11.5. The molecule has 5 nitrogen and oxygen atoms in total. The molecule has 2 aromatic carbocycles. The van der Waals surface area contributed by atoms with Crippen LogP contribution in [0.15, 0.2) is 48.7 Å². The largest absolute Gasteiger partial charge is 0.373 e. The summed E-state index contributed by atoms with van der Waals surface area (Å²) in [6.45, 7) is 1.71. The predicted octanol–water partition coefficient (Wildman–Crippen LogP) is 4.59. The highest BCUT2D eigenvalue weighted by molar-refractivity contribution is 5.94. The zero-order valence-electron chi connectivity index (χ0n) is 12.7. The summed E-state index contributed by atoms with van der Waals surface area (Å²) in [6.07, 6.45) is 1.56. The molecule has 0 saturated heterocycles. The van der Waals surface area contributed by atoms with E-state index in [9.17, 15) is 18.9 Å². The summed E-state index contributed by atoms with van der Waals surface area (Å²) in [5.74, 6) is -1.90. The number of fused-ring (bicyclic) bond motifs is 1. The van der Waals surface area contributed by atoms with E-state index in [0.717, 1.165) is 12.1 Å². The van der Waals surface area contributed by atoms with Gasteiger partial charge in [0.25, 0.3) is 0 Å². The first-order valence-electron chi connectivity index (χ1n) is 7.21. The number of halogens is 2. The lowest BCUT2D eigenvalue weighted by Gasteiger charge is -2.16. The summed E-state index contributed by atoms with van der Waals surface area (Å²) in [7, 11) is 0. The van der Waals surface area contributed by atoms with Crippen LogP contribution in [0.1, 0.15) is 18.5 Å². The third-order valence-electron chi connectivity index (χ3n) is 3.75. The van der Waals surface area contributed by atoms with Crippen LogP contribution >= 0.6 is 0 Å². The lowest BCUT2D eigenvalue weighted by atomic mass is 10.1. The maximum absolute atomic E-state index is 13.4. The number of aromatic nitrogens is 1. The molecular weight excluding hydrogens is 316 g/mol. The van der Waals surface area contributed by atoms with Gasteiger partial charge in [0.05, 0.1) is 15.8 Å². The van der Waals surface area contributed by atoms with E-state index < -0.39 is 22.6 Å². The number of pyridine rings is 1. The fourth-order valence-corrected chi connectivity index (χ4v) is 2.55. The van der Waals surface area contributed by atoms with Crippen molar-refractivity contribution >= 4 is 22.3 Å². The average molecular weight is 329 g/mol. The number of hydrogen-bond donors (Lipinski definition) is 1. The molecule has 0 radical (unpaired) electrons. The highest BCUT2D eigenvalue weighted by Crippen LogP contribution is 2.34. The second kappa shape index (κ2) is 6.19. The molecule has 3 rings (SSSR count).